The number of rotatable bonds is 4. The molecule has 0 atom stereocenters. The fourth-order valence-electron chi connectivity index (χ4n) is 2.96. The molecule has 2 aromatic carbocycles. The van der Waals surface area contributed by atoms with Crippen LogP contribution in [-0.4, -0.2) is 24.0 Å². The summed E-state index contributed by atoms with van der Waals surface area (Å²) in [6.07, 6.45) is 2.34. The molecule has 0 spiro atoms. The molecule has 1 heterocycles. The minimum atomic E-state index is 0.562. The Balaban J connectivity index is 1.48. The normalized spacial score (nSPS) is 16.0. The van der Waals surface area contributed by atoms with Crippen LogP contribution in [0.2, 0.25) is 0 Å². The number of nitriles is 1. The minimum absolute atomic E-state index is 0.562. The van der Waals surface area contributed by atoms with Gasteiger partial charge in [-0.3, -0.25) is 4.90 Å². The Kier molecular flexibility index (Phi) is 5.52. The number of piperidine rings is 1. The molecule has 0 amide bonds. The Morgan fingerprint density at radius 1 is 1.04 bits per heavy atom. The first-order valence-electron chi connectivity index (χ1n) is 7.96. The molecule has 23 heavy (non-hydrogen) atoms. The second-order valence-electron chi connectivity index (χ2n) is 6.01. The lowest BCUT2D eigenvalue weighted by Crippen LogP contribution is -2.38. The van der Waals surface area contributed by atoms with Gasteiger partial charge in [0, 0.05) is 34.9 Å². The number of anilines is 1. The molecule has 1 saturated heterocycles. The molecule has 0 aromatic heterocycles. The Labute approximate surface area is 151 Å². The molecule has 0 aliphatic carbocycles. The summed E-state index contributed by atoms with van der Waals surface area (Å²) in [5, 5.41) is 12.5. The van der Waals surface area contributed by atoms with E-state index in [4.69, 9.17) is 5.26 Å². The summed E-state index contributed by atoms with van der Waals surface area (Å²) in [6.45, 7) is 3.20. The van der Waals surface area contributed by atoms with E-state index in [9.17, 15) is 0 Å². The lowest BCUT2D eigenvalue weighted by Gasteiger charge is -2.33. The van der Waals surface area contributed by atoms with E-state index in [1.54, 1.807) is 0 Å². The van der Waals surface area contributed by atoms with Crippen molar-refractivity contribution in [1.82, 2.24) is 4.90 Å². The molecule has 0 saturated carbocycles. The average molecular weight is 417 g/mol. The number of nitrogens with zero attached hydrogens (tertiary/aromatic N) is 2. The van der Waals surface area contributed by atoms with E-state index in [0.29, 0.717) is 6.04 Å². The maximum atomic E-state index is 8.85. The monoisotopic (exact) mass is 417 g/mol. The molecule has 3 rings (SSSR count). The number of hydrogen-bond donors (Lipinski definition) is 1. The Hall–Kier alpha value is -1.58. The third-order valence-corrected chi connectivity index (χ3v) is 5.01. The highest BCUT2D eigenvalue weighted by atomic mass is 127. The minimum Gasteiger partial charge on any atom is -0.382 e. The molecule has 0 radical (unpaired) electrons. The van der Waals surface area contributed by atoms with Gasteiger partial charge in [0.2, 0.25) is 0 Å². The van der Waals surface area contributed by atoms with Crippen molar-refractivity contribution in [2.45, 2.75) is 25.4 Å². The average Bonchev–Trinajstić information content (AvgIpc) is 2.59. The van der Waals surface area contributed by atoms with E-state index in [-0.39, 0.29) is 0 Å². The van der Waals surface area contributed by atoms with Gasteiger partial charge in [-0.25, -0.2) is 0 Å². The van der Waals surface area contributed by atoms with Crippen molar-refractivity contribution in [1.29, 1.82) is 5.26 Å². The molecule has 0 bridgehead atoms. The van der Waals surface area contributed by atoms with Gasteiger partial charge >= 0.3 is 0 Å². The zero-order valence-corrected chi connectivity index (χ0v) is 15.2. The van der Waals surface area contributed by atoms with Crippen molar-refractivity contribution >= 4 is 28.3 Å². The van der Waals surface area contributed by atoms with E-state index < -0.39 is 0 Å². The van der Waals surface area contributed by atoms with Crippen LogP contribution in [-0.2, 0) is 6.54 Å². The first-order valence-corrected chi connectivity index (χ1v) is 9.04. The smallest absolute Gasteiger partial charge is 0.0991 e. The highest BCUT2D eigenvalue weighted by molar-refractivity contribution is 14.1. The lowest BCUT2D eigenvalue weighted by molar-refractivity contribution is 0.211. The van der Waals surface area contributed by atoms with E-state index in [1.165, 1.54) is 27.7 Å². The molecule has 4 heteroatoms. The van der Waals surface area contributed by atoms with Crippen LogP contribution in [0, 0.1) is 14.9 Å². The van der Waals surface area contributed by atoms with Crippen molar-refractivity contribution in [2.75, 3.05) is 18.4 Å². The van der Waals surface area contributed by atoms with Crippen LogP contribution >= 0.6 is 22.6 Å². The van der Waals surface area contributed by atoms with Crippen LogP contribution in [0.25, 0.3) is 0 Å². The third kappa shape index (κ3) is 4.69. The van der Waals surface area contributed by atoms with Crippen LogP contribution in [0.3, 0.4) is 0 Å². The highest BCUT2D eigenvalue weighted by Crippen LogP contribution is 2.19. The quantitative estimate of drug-likeness (QED) is 0.757. The molecule has 1 aliphatic heterocycles. The SMILES string of the molecule is N#Cc1ccc(CN2CCC(Nc3ccc(I)cc3)CC2)cc1. The molecule has 1 fully saturated rings. The third-order valence-electron chi connectivity index (χ3n) is 4.29. The van der Waals surface area contributed by atoms with E-state index in [2.05, 4.69) is 75.3 Å². The second-order valence-corrected chi connectivity index (χ2v) is 7.26. The van der Waals surface area contributed by atoms with Gasteiger partial charge in [-0.2, -0.15) is 5.26 Å². The van der Waals surface area contributed by atoms with Crippen LogP contribution in [0.5, 0.6) is 0 Å². The van der Waals surface area contributed by atoms with Gasteiger partial charge in [0.25, 0.3) is 0 Å². The van der Waals surface area contributed by atoms with Crippen molar-refractivity contribution in [2.24, 2.45) is 0 Å². The van der Waals surface area contributed by atoms with Crippen molar-refractivity contribution in [3.8, 4) is 6.07 Å². The predicted octanol–water partition coefficient (Wildman–Crippen LogP) is 4.24. The number of halogens is 1. The number of hydrogen-bond acceptors (Lipinski definition) is 3. The van der Waals surface area contributed by atoms with Gasteiger partial charge in [0.05, 0.1) is 11.6 Å². The molecule has 118 valence electrons. The molecular weight excluding hydrogens is 397 g/mol. The first-order chi connectivity index (χ1) is 11.2. The van der Waals surface area contributed by atoms with Gasteiger partial charge in [0.1, 0.15) is 0 Å². The predicted molar refractivity (Wildman–Crippen MR) is 102 cm³/mol. The zero-order valence-electron chi connectivity index (χ0n) is 13.0. The maximum Gasteiger partial charge on any atom is 0.0991 e. The van der Waals surface area contributed by atoms with Crippen LogP contribution < -0.4 is 5.32 Å². The standard InChI is InChI=1S/C19H20IN3/c20-17-5-7-18(8-6-17)22-19-9-11-23(12-10-19)14-16-3-1-15(13-21)2-4-16/h1-8,19,22H,9-12,14H2. The van der Waals surface area contributed by atoms with E-state index >= 15 is 0 Å². The Bertz CT molecular complexity index is 665. The van der Waals surface area contributed by atoms with Crippen molar-refractivity contribution in [3.05, 3.63) is 63.2 Å². The van der Waals surface area contributed by atoms with Crippen LogP contribution in [0.15, 0.2) is 48.5 Å². The zero-order chi connectivity index (χ0) is 16.1. The summed E-state index contributed by atoms with van der Waals surface area (Å²) in [5.74, 6) is 0. The van der Waals surface area contributed by atoms with Gasteiger partial charge < -0.3 is 5.32 Å². The number of benzene rings is 2. The Morgan fingerprint density at radius 2 is 1.70 bits per heavy atom. The van der Waals surface area contributed by atoms with Crippen LogP contribution in [0.4, 0.5) is 5.69 Å². The van der Waals surface area contributed by atoms with Gasteiger partial charge in [0.15, 0.2) is 0 Å². The topological polar surface area (TPSA) is 39.1 Å². The molecular formula is C19H20IN3. The van der Waals surface area contributed by atoms with E-state index in [0.717, 1.165) is 25.2 Å². The van der Waals surface area contributed by atoms with Gasteiger partial charge in [-0.15, -0.1) is 0 Å². The molecule has 2 aromatic rings. The molecule has 1 N–H and O–H groups in total. The number of nitrogens with one attached hydrogen (secondary N) is 1. The molecule has 3 nitrogen and oxygen atoms in total. The summed E-state index contributed by atoms with van der Waals surface area (Å²) in [4.78, 5) is 2.49. The summed E-state index contributed by atoms with van der Waals surface area (Å²) in [6, 6.07) is 19.3. The fraction of sp³-hybridized carbons (Fsp3) is 0.316. The summed E-state index contributed by atoms with van der Waals surface area (Å²) in [5.41, 5.74) is 3.23. The number of likely N-dealkylation sites (tertiary alicyclic amines) is 1. The second kappa shape index (κ2) is 7.80. The summed E-state index contributed by atoms with van der Waals surface area (Å²) >= 11 is 2.33. The summed E-state index contributed by atoms with van der Waals surface area (Å²) in [7, 11) is 0. The lowest BCUT2D eigenvalue weighted by atomic mass is 10.0. The highest BCUT2D eigenvalue weighted by Gasteiger charge is 2.19. The summed E-state index contributed by atoms with van der Waals surface area (Å²) < 4.78 is 1.27. The first kappa shape index (κ1) is 16.3. The van der Waals surface area contributed by atoms with E-state index in [1.807, 2.05) is 12.1 Å². The van der Waals surface area contributed by atoms with Gasteiger partial charge in [-0.1, -0.05) is 12.1 Å². The van der Waals surface area contributed by atoms with Crippen molar-refractivity contribution in [3.63, 3.8) is 0 Å². The van der Waals surface area contributed by atoms with Gasteiger partial charge in [-0.05, 0) is 77.4 Å². The molecule has 0 unspecified atom stereocenters. The molecule has 1 aliphatic rings. The Morgan fingerprint density at radius 3 is 2.30 bits per heavy atom. The fourth-order valence-corrected chi connectivity index (χ4v) is 3.32. The largest absolute Gasteiger partial charge is 0.382 e. The maximum absolute atomic E-state index is 8.85. The van der Waals surface area contributed by atoms with Crippen LogP contribution in [0.1, 0.15) is 24.0 Å². The van der Waals surface area contributed by atoms with Crippen molar-refractivity contribution < 1.29 is 0 Å².